The molecule has 0 saturated carbocycles. The van der Waals surface area contributed by atoms with E-state index in [2.05, 4.69) is 14.9 Å². The number of hydrogen-bond acceptors (Lipinski definition) is 5. The van der Waals surface area contributed by atoms with E-state index >= 15 is 0 Å². The van der Waals surface area contributed by atoms with Crippen molar-refractivity contribution in [3.8, 4) is 0 Å². The Bertz CT molecular complexity index is 600. The summed E-state index contributed by atoms with van der Waals surface area (Å²) in [6.07, 6.45) is 8.63. The number of piperidine rings is 1. The fourth-order valence-electron chi connectivity index (χ4n) is 2.87. The number of carbonyl (C=O) groups excluding carboxylic acids is 1. The fraction of sp³-hybridized carbons (Fsp3) is 0.438. The van der Waals surface area contributed by atoms with Crippen LogP contribution in [0.5, 0.6) is 0 Å². The molecule has 0 aromatic carbocycles. The standard InChI is InChI=1S/C16H20N4O2/c1-19(12-14-5-3-9-22-14)16(21)13-4-2-8-20(11-13)15-10-17-6-7-18-15/h3,5-7,9-10,13H,2,4,8,11-12H2,1H3/t13-/m1/s1. The molecular formula is C16H20N4O2. The van der Waals surface area contributed by atoms with Gasteiger partial charge in [-0.15, -0.1) is 0 Å². The van der Waals surface area contributed by atoms with Gasteiger partial charge in [0.25, 0.3) is 0 Å². The summed E-state index contributed by atoms with van der Waals surface area (Å²) >= 11 is 0. The quantitative estimate of drug-likeness (QED) is 0.863. The molecule has 2 aromatic rings. The van der Waals surface area contributed by atoms with Crippen molar-refractivity contribution >= 4 is 11.7 Å². The maximum atomic E-state index is 12.6. The Morgan fingerprint density at radius 2 is 2.41 bits per heavy atom. The van der Waals surface area contributed by atoms with Crippen LogP contribution in [0.15, 0.2) is 41.4 Å². The third kappa shape index (κ3) is 3.27. The van der Waals surface area contributed by atoms with E-state index in [0.29, 0.717) is 13.1 Å². The van der Waals surface area contributed by atoms with Crippen molar-refractivity contribution in [3.63, 3.8) is 0 Å². The van der Waals surface area contributed by atoms with E-state index in [-0.39, 0.29) is 11.8 Å². The lowest BCUT2D eigenvalue weighted by Crippen LogP contribution is -2.43. The highest BCUT2D eigenvalue weighted by molar-refractivity contribution is 5.79. The number of anilines is 1. The van der Waals surface area contributed by atoms with Crippen molar-refractivity contribution in [1.82, 2.24) is 14.9 Å². The van der Waals surface area contributed by atoms with Crippen molar-refractivity contribution in [2.75, 3.05) is 25.0 Å². The van der Waals surface area contributed by atoms with Crippen LogP contribution in [0.1, 0.15) is 18.6 Å². The second-order valence-corrected chi connectivity index (χ2v) is 5.62. The normalized spacial score (nSPS) is 18.2. The average Bonchev–Trinajstić information content (AvgIpc) is 3.08. The van der Waals surface area contributed by atoms with Gasteiger partial charge in [-0.05, 0) is 25.0 Å². The van der Waals surface area contributed by atoms with Crippen LogP contribution in [0, 0.1) is 5.92 Å². The molecular weight excluding hydrogens is 280 g/mol. The van der Waals surface area contributed by atoms with E-state index in [9.17, 15) is 4.79 Å². The smallest absolute Gasteiger partial charge is 0.227 e. The zero-order chi connectivity index (χ0) is 15.4. The van der Waals surface area contributed by atoms with Gasteiger partial charge < -0.3 is 14.2 Å². The molecule has 1 aliphatic heterocycles. The number of furan rings is 1. The van der Waals surface area contributed by atoms with E-state index < -0.39 is 0 Å². The van der Waals surface area contributed by atoms with E-state index in [1.54, 1.807) is 29.8 Å². The highest BCUT2D eigenvalue weighted by atomic mass is 16.3. The third-order valence-electron chi connectivity index (χ3n) is 3.99. The summed E-state index contributed by atoms with van der Waals surface area (Å²) in [7, 11) is 1.83. The van der Waals surface area contributed by atoms with Gasteiger partial charge in [0.05, 0.1) is 24.9 Å². The molecule has 0 spiro atoms. The van der Waals surface area contributed by atoms with Gasteiger partial charge in [0, 0.05) is 32.5 Å². The van der Waals surface area contributed by atoms with Crippen molar-refractivity contribution < 1.29 is 9.21 Å². The molecule has 0 N–H and O–H groups in total. The predicted octanol–water partition coefficient (Wildman–Crippen LogP) is 1.94. The van der Waals surface area contributed by atoms with E-state index in [0.717, 1.165) is 31.0 Å². The summed E-state index contributed by atoms with van der Waals surface area (Å²) in [5, 5.41) is 0. The summed E-state index contributed by atoms with van der Waals surface area (Å²) in [5.74, 6) is 1.80. The van der Waals surface area contributed by atoms with E-state index in [1.807, 2.05) is 19.2 Å². The van der Waals surface area contributed by atoms with Crippen LogP contribution >= 0.6 is 0 Å². The summed E-state index contributed by atoms with van der Waals surface area (Å²) in [6, 6.07) is 3.72. The third-order valence-corrected chi connectivity index (χ3v) is 3.99. The molecule has 6 nitrogen and oxygen atoms in total. The maximum absolute atomic E-state index is 12.6. The molecule has 3 rings (SSSR count). The lowest BCUT2D eigenvalue weighted by Gasteiger charge is -2.34. The summed E-state index contributed by atoms with van der Waals surface area (Å²) in [6.45, 7) is 2.12. The molecule has 2 aromatic heterocycles. The molecule has 1 saturated heterocycles. The van der Waals surface area contributed by atoms with Gasteiger partial charge in [-0.1, -0.05) is 0 Å². The van der Waals surface area contributed by atoms with Gasteiger partial charge in [-0.2, -0.15) is 0 Å². The minimum absolute atomic E-state index is 0.00396. The zero-order valence-electron chi connectivity index (χ0n) is 12.7. The largest absolute Gasteiger partial charge is 0.467 e. The molecule has 1 aliphatic rings. The van der Waals surface area contributed by atoms with Crippen molar-refractivity contribution in [3.05, 3.63) is 42.7 Å². The molecule has 0 unspecified atom stereocenters. The molecule has 1 fully saturated rings. The SMILES string of the molecule is CN(Cc1ccco1)C(=O)[C@@H]1CCCN(c2cnccn2)C1. The first-order chi connectivity index (χ1) is 10.7. The van der Waals surface area contributed by atoms with Crippen LogP contribution in [0.3, 0.4) is 0 Å². The van der Waals surface area contributed by atoms with Crippen molar-refractivity contribution in [1.29, 1.82) is 0 Å². The first kappa shape index (κ1) is 14.6. The minimum Gasteiger partial charge on any atom is -0.467 e. The van der Waals surface area contributed by atoms with E-state index in [4.69, 9.17) is 4.42 Å². The van der Waals surface area contributed by atoms with Crippen LogP contribution in [-0.2, 0) is 11.3 Å². The number of nitrogens with zero attached hydrogens (tertiary/aromatic N) is 4. The Labute approximate surface area is 129 Å². The van der Waals surface area contributed by atoms with E-state index in [1.165, 1.54) is 0 Å². The van der Waals surface area contributed by atoms with Crippen LogP contribution in [-0.4, -0.2) is 40.9 Å². The Morgan fingerprint density at radius 1 is 1.50 bits per heavy atom. The van der Waals surface area contributed by atoms with Gasteiger partial charge >= 0.3 is 0 Å². The second-order valence-electron chi connectivity index (χ2n) is 5.62. The van der Waals surface area contributed by atoms with Gasteiger partial charge in [0.15, 0.2) is 0 Å². The number of aromatic nitrogens is 2. The molecule has 0 aliphatic carbocycles. The average molecular weight is 300 g/mol. The topological polar surface area (TPSA) is 62.5 Å². The maximum Gasteiger partial charge on any atom is 0.227 e. The number of carbonyl (C=O) groups is 1. The summed E-state index contributed by atoms with van der Waals surface area (Å²) < 4.78 is 5.31. The minimum atomic E-state index is -0.00396. The Hall–Kier alpha value is -2.37. The van der Waals surface area contributed by atoms with Crippen LogP contribution in [0.2, 0.25) is 0 Å². The monoisotopic (exact) mass is 300 g/mol. The molecule has 3 heterocycles. The van der Waals surface area contributed by atoms with Crippen molar-refractivity contribution in [2.45, 2.75) is 19.4 Å². The molecule has 1 atom stereocenters. The Balaban J connectivity index is 1.62. The lowest BCUT2D eigenvalue weighted by atomic mass is 9.96. The molecule has 0 radical (unpaired) electrons. The highest BCUT2D eigenvalue weighted by Gasteiger charge is 2.28. The molecule has 22 heavy (non-hydrogen) atoms. The summed E-state index contributed by atoms with van der Waals surface area (Å²) in [5.41, 5.74) is 0. The number of amides is 1. The predicted molar refractivity (Wildman–Crippen MR) is 82.2 cm³/mol. The first-order valence-electron chi connectivity index (χ1n) is 7.52. The number of hydrogen-bond donors (Lipinski definition) is 0. The first-order valence-corrected chi connectivity index (χ1v) is 7.52. The Morgan fingerprint density at radius 3 is 3.14 bits per heavy atom. The molecule has 1 amide bonds. The summed E-state index contributed by atoms with van der Waals surface area (Å²) in [4.78, 5) is 24.9. The zero-order valence-corrected chi connectivity index (χ0v) is 12.7. The lowest BCUT2D eigenvalue weighted by molar-refractivity contribution is -0.135. The highest BCUT2D eigenvalue weighted by Crippen LogP contribution is 2.22. The van der Waals surface area contributed by atoms with Crippen molar-refractivity contribution in [2.24, 2.45) is 5.92 Å². The molecule has 6 heteroatoms. The molecule has 116 valence electrons. The van der Waals surface area contributed by atoms with Gasteiger partial charge in [0.2, 0.25) is 5.91 Å². The van der Waals surface area contributed by atoms with Crippen LogP contribution < -0.4 is 4.90 Å². The van der Waals surface area contributed by atoms with Gasteiger partial charge in [-0.3, -0.25) is 9.78 Å². The Kier molecular flexibility index (Phi) is 4.37. The second kappa shape index (κ2) is 6.60. The van der Waals surface area contributed by atoms with Gasteiger partial charge in [0.1, 0.15) is 11.6 Å². The van der Waals surface area contributed by atoms with Crippen LogP contribution in [0.4, 0.5) is 5.82 Å². The fourth-order valence-corrected chi connectivity index (χ4v) is 2.87. The van der Waals surface area contributed by atoms with Crippen LogP contribution in [0.25, 0.3) is 0 Å². The van der Waals surface area contributed by atoms with Gasteiger partial charge in [-0.25, -0.2) is 4.98 Å². The molecule has 0 bridgehead atoms. The number of rotatable bonds is 4.